The van der Waals surface area contributed by atoms with Gasteiger partial charge in [-0.15, -0.1) is 0 Å². The second-order valence-corrected chi connectivity index (χ2v) is 4.20. The minimum Gasteiger partial charge on any atom is -0.310 e. The number of rotatable bonds is 1. The van der Waals surface area contributed by atoms with E-state index in [2.05, 4.69) is 26.1 Å². The zero-order chi connectivity index (χ0) is 9.26. The van der Waals surface area contributed by atoms with Gasteiger partial charge in [0.15, 0.2) is 0 Å². The van der Waals surface area contributed by atoms with Gasteiger partial charge < -0.3 is 4.90 Å². The van der Waals surface area contributed by atoms with Crippen LogP contribution in [0.15, 0.2) is 18.5 Å². The van der Waals surface area contributed by atoms with Crippen molar-refractivity contribution in [1.29, 1.82) is 0 Å². The highest BCUT2D eigenvalue weighted by molar-refractivity contribution is 9.09. The normalized spacial score (nSPS) is 22.4. The van der Waals surface area contributed by atoms with Crippen LogP contribution in [0.25, 0.3) is 0 Å². The summed E-state index contributed by atoms with van der Waals surface area (Å²) in [4.78, 5) is 13.4. The Balaban J connectivity index is 2.23. The van der Waals surface area contributed by atoms with Gasteiger partial charge in [0.05, 0.1) is 18.1 Å². The molecule has 5 heteroatoms. The first-order valence-corrected chi connectivity index (χ1v) is 4.90. The number of nitrogens with zero attached hydrogens (tertiary/aromatic N) is 3. The standard InChI is InChI=1S/C8H8BrN3O/c9-6-3-8(13)12(5-6)7-1-2-10-11-4-7/h1-2,4,6H,3,5H2. The summed E-state index contributed by atoms with van der Waals surface area (Å²) >= 11 is 3.42. The maximum atomic E-state index is 11.4. The van der Waals surface area contributed by atoms with E-state index in [4.69, 9.17) is 0 Å². The molecular weight excluding hydrogens is 234 g/mol. The number of amides is 1. The second kappa shape index (κ2) is 3.41. The van der Waals surface area contributed by atoms with Gasteiger partial charge in [0.25, 0.3) is 0 Å². The second-order valence-electron chi connectivity index (χ2n) is 2.91. The predicted octanol–water partition coefficient (Wildman–Crippen LogP) is 0.977. The van der Waals surface area contributed by atoms with E-state index in [0.29, 0.717) is 13.0 Å². The molecule has 0 aliphatic carbocycles. The van der Waals surface area contributed by atoms with E-state index in [1.165, 1.54) is 0 Å². The molecule has 0 bridgehead atoms. The summed E-state index contributed by atoms with van der Waals surface area (Å²) in [7, 11) is 0. The van der Waals surface area contributed by atoms with Crippen LogP contribution in [-0.4, -0.2) is 27.5 Å². The van der Waals surface area contributed by atoms with E-state index in [-0.39, 0.29) is 10.7 Å². The lowest BCUT2D eigenvalue weighted by atomic mass is 10.4. The van der Waals surface area contributed by atoms with Crippen molar-refractivity contribution in [2.75, 3.05) is 11.4 Å². The van der Waals surface area contributed by atoms with Crippen LogP contribution in [0.1, 0.15) is 6.42 Å². The third-order valence-electron chi connectivity index (χ3n) is 1.96. The largest absolute Gasteiger partial charge is 0.310 e. The molecule has 0 radical (unpaired) electrons. The van der Waals surface area contributed by atoms with Crippen LogP contribution in [0.5, 0.6) is 0 Å². The fraction of sp³-hybridized carbons (Fsp3) is 0.375. The quantitative estimate of drug-likeness (QED) is 0.689. The van der Waals surface area contributed by atoms with Crippen molar-refractivity contribution in [1.82, 2.24) is 10.2 Å². The predicted molar refractivity (Wildman–Crippen MR) is 51.7 cm³/mol. The van der Waals surface area contributed by atoms with Gasteiger partial charge in [0, 0.05) is 17.8 Å². The highest BCUT2D eigenvalue weighted by Gasteiger charge is 2.28. The molecule has 1 amide bonds. The Morgan fingerprint density at radius 2 is 2.38 bits per heavy atom. The van der Waals surface area contributed by atoms with E-state index >= 15 is 0 Å². The Kier molecular flexibility index (Phi) is 2.26. The smallest absolute Gasteiger partial charge is 0.228 e. The van der Waals surface area contributed by atoms with E-state index in [0.717, 1.165) is 5.69 Å². The zero-order valence-corrected chi connectivity index (χ0v) is 8.44. The Labute approximate surface area is 84.1 Å². The fourth-order valence-electron chi connectivity index (χ4n) is 1.36. The van der Waals surface area contributed by atoms with Gasteiger partial charge in [-0.1, -0.05) is 15.9 Å². The van der Waals surface area contributed by atoms with Crippen LogP contribution < -0.4 is 4.90 Å². The topological polar surface area (TPSA) is 46.1 Å². The van der Waals surface area contributed by atoms with Crippen LogP contribution in [0.4, 0.5) is 5.69 Å². The highest BCUT2D eigenvalue weighted by Crippen LogP contribution is 2.23. The molecule has 13 heavy (non-hydrogen) atoms. The fourth-order valence-corrected chi connectivity index (χ4v) is 1.92. The van der Waals surface area contributed by atoms with Gasteiger partial charge in [-0.25, -0.2) is 0 Å². The number of alkyl halides is 1. The number of anilines is 1. The first-order valence-electron chi connectivity index (χ1n) is 3.98. The molecule has 2 heterocycles. The molecule has 0 saturated carbocycles. The molecule has 1 aromatic heterocycles. The number of aromatic nitrogens is 2. The van der Waals surface area contributed by atoms with Gasteiger partial charge in [-0.05, 0) is 6.07 Å². The Morgan fingerprint density at radius 1 is 1.54 bits per heavy atom. The van der Waals surface area contributed by atoms with E-state index < -0.39 is 0 Å². The lowest BCUT2D eigenvalue weighted by molar-refractivity contribution is -0.117. The summed E-state index contributed by atoms with van der Waals surface area (Å²) in [5.41, 5.74) is 0.821. The summed E-state index contributed by atoms with van der Waals surface area (Å²) in [6.07, 6.45) is 3.75. The van der Waals surface area contributed by atoms with E-state index in [1.807, 2.05) is 0 Å². The minimum absolute atomic E-state index is 0.134. The molecule has 1 fully saturated rings. The molecule has 1 saturated heterocycles. The van der Waals surface area contributed by atoms with Crippen molar-refractivity contribution in [3.63, 3.8) is 0 Å². The third kappa shape index (κ3) is 1.70. The van der Waals surface area contributed by atoms with Crippen molar-refractivity contribution in [2.24, 2.45) is 0 Å². The first kappa shape index (κ1) is 8.62. The maximum Gasteiger partial charge on any atom is 0.228 e. The average molecular weight is 242 g/mol. The average Bonchev–Trinajstić information content (AvgIpc) is 2.47. The molecule has 1 unspecified atom stereocenters. The number of carbonyl (C=O) groups is 1. The SMILES string of the molecule is O=C1CC(Br)CN1c1ccnnc1. The van der Waals surface area contributed by atoms with Crippen LogP contribution in [0, 0.1) is 0 Å². The zero-order valence-electron chi connectivity index (χ0n) is 6.85. The third-order valence-corrected chi connectivity index (χ3v) is 2.57. The summed E-state index contributed by atoms with van der Waals surface area (Å²) in [6.45, 7) is 0.713. The molecule has 1 aliphatic rings. The molecule has 0 spiro atoms. The lowest BCUT2D eigenvalue weighted by Gasteiger charge is -2.14. The van der Waals surface area contributed by atoms with Crippen molar-refractivity contribution >= 4 is 27.5 Å². The minimum atomic E-state index is 0.134. The van der Waals surface area contributed by atoms with Crippen molar-refractivity contribution in [2.45, 2.75) is 11.2 Å². The summed E-state index contributed by atoms with van der Waals surface area (Å²) in [5.74, 6) is 0.134. The van der Waals surface area contributed by atoms with Crippen LogP contribution in [0.3, 0.4) is 0 Å². The molecule has 4 nitrogen and oxygen atoms in total. The van der Waals surface area contributed by atoms with E-state index in [1.54, 1.807) is 23.4 Å². The highest BCUT2D eigenvalue weighted by atomic mass is 79.9. The first-order chi connectivity index (χ1) is 6.27. The van der Waals surface area contributed by atoms with Crippen LogP contribution in [0.2, 0.25) is 0 Å². The molecule has 0 N–H and O–H groups in total. The van der Waals surface area contributed by atoms with Gasteiger partial charge in [-0.2, -0.15) is 10.2 Å². The van der Waals surface area contributed by atoms with Crippen molar-refractivity contribution in [3.8, 4) is 0 Å². The van der Waals surface area contributed by atoms with Crippen molar-refractivity contribution in [3.05, 3.63) is 18.5 Å². The number of hydrogen-bond acceptors (Lipinski definition) is 3. The molecule has 1 aromatic rings. The number of carbonyl (C=O) groups excluding carboxylic acids is 1. The maximum absolute atomic E-state index is 11.4. The summed E-state index contributed by atoms with van der Waals surface area (Å²) in [6, 6.07) is 1.79. The van der Waals surface area contributed by atoms with Gasteiger partial charge in [0.2, 0.25) is 5.91 Å². The molecule has 1 aliphatic heterocycles. The molecule has 1 atom stereocenters. The molecule has 2 rings (SSSR count). The lowest BCUT2D eigenvalue weighted by Crippen LogP contribution is -2.24. The molecule has 68 valence electrons. The van der Waals surface area contributed by atoms with E-state index in [9.17, 15) is 4.79 Å². The summed E-state index contributed by atoms with van der Waals surface area (Å²) < 4.78 is 0. The monoisotopic (exact) mass is 241 g/mol. The Bertz CT molecular complexity index is 316. The molecular formula is C8H8BrN3O. The number of hydrogen-bond donors (Lipinski definition) is 0. The van der Waals surface area contributed by atoms with Crippen molar-refractivity contribution < 1.29 is 4.79 Å². The number of halogens is 1. The van der Waals surface area contributed by atoms with Gasteiger partial charge in [-0.3, -0.25) is 4.79 Å². The Hall–Kier alpha value is -0.970. The van der Waals surface area contributed by atoms with Crippen LogP contribution >= 0.6 is 15.9 Å². The Morgan fingerprint density at radius 3 is 2.92 bits per heavy atom. The molecule has 0 aromatic carbocycles. The van der Waals surface area contributed by atoms with Crippen LogP contribution in [-0.2, 0) is 4.79 Å². The van der Waals surface area contributed by atoms with Gasteiger partial charge >= 0.3 is 0 Å². The van der Waals surface area contributed by atoms with Gasteiger partial charge in [0.1, 0.15) is 0 Å². The summed E-state index contributed by atoms with van der Waals surface area (Å²) in [5, 5.41) is 7.39.